The zero-order chi connectivity index (χ0) is 33.5. The van der Waals surface area contributed by atoms with Crippen LogP contribution in [0.5, 0.6) is 0 Å². The SMILES string of the molecule is CCCC1CN(C(Cc2cccc(Cl)c2)CN(C)C(=O)C(F)(F)F)CCN1C(=O)C(Cc1ccc(F)cc1)NC(=O)C(C)(C)O. The first kappa shape index (κ1) is 36.3. The van der Waals surface area contributed by atoms with Gasteiger partial charge in [0.2, 0.25) is 5.91 Å². The summed E-state index contributed by atoms with van der Waals surface area (Å²) >= 11 is 6.17. The van der Waals surface area contributed by atoms with Crippen molar-refractivity contribution in [2.24, 2.45) is 0 Å². The maximum Gasteiger partial charge on any atom is 0.471 e. The third-order valence-corrected chi connectivity index (χ3v) is 8.12. The van der Waals surface area contributed by atoms with Crippen molar-refractivity contribution in [3.8, 4) is 0 Å². The Hall–Kier alpha value is -3.22. The van der Waals surface area contributed by atoms with Gasteiger partial charge in [-0.1, -0.05) is 49.2 Å². The molecule has 1 saturated heterocycles. The molecule has 13 heteroatoms. The minimum atomic E-state index is -5.02. The van der Waals surface area contributed by atoms with Gasteiger partial charge in [-0.25, -0.2) is 4.39 Å². The Morgan fingerprint density at radius 3 is 2.31 bits per heavy atom. The largest absolute Gasteiger partial charge is 0.471 e. The van der Waals surface area contributed by atoms with Gasteiger partial charge in [-0.2, -0.15) is 13.2 Å². The number of piperazine rings is 1. The highest BCUT2D eigenvalue weighted by Crippen LogP contribution is 2.24. The lowest BCUT2D eigenvalue weighted by molar-refractivity contribution is -0.184. The minimum absolute atomic E-state index is 0.0573. The Morgan fingerprint density at radius 1 is 1.07 bits per heavy atom. The van der Waals surface area contributed by atoms with Gasteiger partial charge in [0.1, 0.15) is 17.5 Å². The number of carbonyl (C=O) groups excluding carboxylic acids is 3. The smallest absolute Gasteiger partial charge is 0.381 e. The summed E-state index contributed by atoms with van der Waals surface area (Å²) in [6, 6.07) is 10.6. The second kappa shape index (κ2) is 15.4. The zero-order valence-electron chi connectivity index (χ0n) is 25.9. The number of alkyl halides is 3. The Bertz CT molecular complexity index is 1320. The molecular formula is C32H41ClF4N4O4. The van der Waals surface area contributed by atoms with E-state index in [1.165, 1.54) is 38.1 Å². The fraction of sp³-hybridized carbons (Fsp3) is 0.531. The van der Waals surface area contributed by atoms with Crippen LogP contribution in [0.4, 0.5) is 17.6 Å². The van der Waals surface area contributed by atoms with Crippen molar-refractivity contribution >= 4 is 29.3 Å². The number of amides is 3. The number of hydrogen-bond acceptors (Lipinski definition) is 5. The van der Waals surface area contributed by atoms with Crippen LogP contribution in [0.3, 0.4) is 0 Å². The summed E-state index contributed by atoms with van der Waals surface area (Å²) in [6.45, 7) is 5.20. The quantitative estimate of drug-likeness (QED) is 0.334. The molecule has 0 radical (unpaired) electrons. The van der Waals surface area contributed by atoms with Crippen molar-refractivity contribution in [3.05, 3.63) is 70.5 Å². The number of halogens is 5. The summed E-state index contributed by atoms with van der Waals surface area (Å²) in [5, 5.41) is 13.4. The van der Waals surface area contributed by atoms with E-state index in [2.05, 4.69) is 5.32 Å². The molecule has 1 aliphatic rings. The molecule has 45 heavy (non-hydrogen) atoms. The number of benzene rings is 2. The lowest BCUT2D eigenvalue weighted by atomic mass is 9.97. The van der Waals surface area contributed by atoms with E-state index in [4.69, 9.17) is 11.6 Å². The lowest BCUT2D eigenvalue weighted by Crippen LogP contribution is -2.63. The normalized spacial score (nSPS) is 17.5. The molecule has 3 rings (SSSR count). The summed E-state index contributed by atoms with van der Waals surface area (Å²) in [4.78, 5) is 43.2. The molecule has 8 nitrogen and oxygen atoms in total. The second-order valence-electron chi connectivity index (χ2n) is 12.1. The Morgan fingerprint density at radius 2 is 1.73 bits per heavy atom. The van der Waals surface area contributed by atoms with Crippen molar-refractivity contribution in [1.82, 2.24) is 20.0 Å². The van der Waals surface area contributed by atoms with Crippen LogP contribution >= 0.6 is 11.6 Å². The van der Waals surface area contributed by atoms with Gasteiger partial charge in [0.25, 0.3) is 5.91 Å². The number of nitrogens with zero attached hydrogens (tertiary/aromatic N) is 3. The highest BCUT2D eigenvalue weighted by atomic mass is 35.5. The molecule has 248 valence electrons. The van der Waals surface area contributed by atoms with Crippen LogP contribution < -0.4 is 5.32 Å². The molecule has 2 N–H and O–H groups in total. The van der Waals surface area contributed by atoms with Crippen LogP contribution in [0.25, 0.3) is 0 Å². The molecule has 0 spiro atoms. The fourth-order valence-electron chi connectivity index (χ4n) is 5.53. The summed E-state index contributed by atoms with van der Waals surface area (Å²) in [5.74, 6) is -3.52. The summed E-state index contributed by atoms with van der Waals surface area (Å²) in [7, 11) is 1.12. The van der Waals surface area contributed by atoms with Gasteiger partial charge in [0, 0.05) is 56.8 Å². The highest BCUT2D eigenvalue weighted by molar-refractivity contribution is 6.30. The van der Waals surface area contributed by atoms with Crippen LogP contribution in [0.15, 0.2) is 48.5 Å². The standard InChI is InChI=1S/C32H41ClF4N4O4/c1-5-7-25-20-40(26(17-22-8-6-9-23(33)16-22)19-39(4)30(44)32(35,36)37)14-15-41(25)28(42)27(38-29(43)31(2,3)45)18-21-10-12-24(34)13-11-21/h6,8-13,16,25-27,45H,5,7,14-15,17-20H2,1-4H3,(H,38,43). The number of hydrogen-bond donors (Lipinski definition) is 2. The second-order valence-corrected chi connectivity index (χ2v) is 12.5. The number of rotatable bonds is 12. The number of aliphatic hydroxyl groups is 1. The van der Waals surface area contributed by atoms with Crippen LogP contribution in [-0.2, 0) is 27.2 Å². The highest BCUT2D eigenvalue weighted by Gasteiger charge is 2.43. The number of likely N-dealkylation sites (N-methyl/N-ethyl adjacent to an activating group) is 1. The van der Waals surface area contributed by atoms with Crippen molar-refractivity contribution in [1.29, 1.82) is 0 Å². The van der Waals surface area contributed by atoms with E-state index in [-0.39, 0.29) is 31.5 Å². The van der Waals surface area contributed by atoms with Crippen molar-refractivity contribution < 1.29 is 37.1 Å². The lowest BCUT2D eigenvalue weighted by Gasteiger charge is -2.46. The Labute approximate surface area is 266 Å². The Balaban J connectivity index is 1.88. The van der Waals surface area contributed by atoms with Crippen molar-refractivity contribution in [3.63, 3.8) is 0 Å². The molecule has 0 bridgehead atoms. The molecular weight excluding hydrogens is 616 g/mol. The Kier molecular flexibility index (Phi) is 12.4. The first-order valence-electron chi connectivity index (χ1n) is 14.9. The average Bonchev–Trinajstić information content (AvgIpc) is 2.96. The third-order valence-electron chi connectivity index (χ3n) is 7.88. The predicted molar refractivity (Wildman–Crippen MR) is 163 cm³/mol. The zero-order valence-corrected chi connectivity index (χ0v) is 26.7. The summed E-state index contributed by atoms with van der Waals surface area (Å²) in [6.07, 6.45) is -3.36. The molecule has 2 aromatic rings. The van der Waals surface area contributed by atoms with Gasteiger partial charge < -0.3 is 20.2 Å². The van der Waals surface area contributed by atoms with Crippen LogP contribution in [-0.4, -0.2) is 101 Å². The number of nitrogens with one attached hydrogen (secondary N) is 1. The van der Waals surface area contributed by atoms with E-state index < -0.39 is 41.5 Å². The monoisotopic (exact) mass is 656 g/mol. The first-order valence-corrected chi connectivity index (χ1v) is 15.3. The molecule has 3 amide bonds. The van der Waals surface area contributed by atoms with Crippen LogP contribution in [0.1, 0.15) is 44.7 Å². The maximum absolute atomic E-state index is 14.0. The topological polar surface area (TPSA) is 93.2 Å². The van der Waals surface area contributed by atoms with Crippen molar-refractivity contribution in [2.75, 3.05) is 33.2 Å². The van der Waals surface area contributed by atoms with Crippen LogP contribution in [0.2, 0.25) is 5.02 Å². The maximum atomic E-state index is 14.0. The molecule has 1 fully saturated rings. The van der Waals surface area contributed by atoms with E-state index >= 15 is 0 Å². The average molecular weight is 657 g/mol. The first-order chi connectivity index (χ1) is 21.0. The molecule has 3 atom stereocenters. The van der Waals surface area contributed by atoms with Gasteiger partial charge in [-0.15, -0.1) is 0 Å². The van der Waals surface area contributed by atoms with Gasteiger partial charge in [0.05, 0.1) is 0 Å². The van der Waals surface area contributed by atoms with E-state index in [9.17, 15) is 37.1 Å². The van der Waals surface area contributed by atoms with Crippen LogP contribution in [0, 0.1) is 5.82 Å². The van der Waals surface area contributed by atoms with Gasteiger partial charge >= 0.3 is 12.1 Å². The van der Waals surface area contributed by atoms with Gasteiger partial charge in [-0.05, 0) is 62.1 Å². The number of carbonyl (C=O) groups is 3. The van der Waals surface area contributed by atoms with E-state index in [1.54, 1.807) is 23.1 Å². The van der Waals surface area contributed by atoms with Gasteiger partial charge in [0.15, 0.2) is 0 Å². The van der Waals surface area contributed by atoms with Gasteiger partial charge in [-0.3, -0.25) is 19.3 Å². The molecule has 0 aliphatic carbocycles. The van der Waals surface area contributed by atoms with Crippen molar-refractivity contribution in [2.45, 2.75) is 76.4 Å². The minimum Gasteiger partial charge on any atom is -0.381 e. The molecule has 1 aliphatic heterocycles. The van der Waals surface area contributed by atoms with E-state index in [0.717, 1.165) is 12.6 Å². The van der Waals surface area contributed by atoms with E-state index in [1.807, 2.05) is 17.9 Å². The fourth-order valence-corrected chi connectivity index (χ4v) is 5.75. The summed E-state index contributed by atoms with van der Waals surface area (Å²) < 4.78 is 53.3. The molecule has 3 unspecified atom stereocenters. The molecule has 0 saturated carbocycles. The molecule has 2 aromatic carbocycles. The summed E-state index contributed by atoms with van der Waals surface area (Å²) in [5.41, 5.74) is -0.356. The molecule has 0 aromatic heterocycles. The third kappa shape index (κ3) is 10.4. The molecule has 1 heterocycles. The predicted octanol–water partition coefficient (Wildman–Crippen LogP) is 4.22. The van der Waals surface area contributed by atoms with E-state index in [0.29, 0.717) is 47.8 Å².